The number of benzene rings is 2. The Kier molecular flexibility index (Phi) is 5.72. The van der Waals surface area contributed by atoms with Crippen LogP contribution in [0, 0.1) is 12.9 Å². The van der Waals surface area contributed by atoms with Gasteiger partial charge in [0, 0.05) is 42.0 Å². The number of rotatable bonds is 3. The van der Waals surface area contributed by atoms with Crippen molar-refractivity contribution >= 4 is 22.4 Å². The van der Waals surface area contributed by atoms with Crippen molar-refractivity contribution in [2.75, 3.05) is 30.8 Å². The molecule has 0 amide bonds. The van der Waals surface area contributed by atoms with E-state index in [0.29, 0.717) is 45.6 Å². The Morgan fingerprint density at radius 2 is 1.63 bits per heavy atom. The van der Waals surface area contributed by atoms with E-state index >= 15 is 0 Å². The van der Waals surface area contributed by atoms with Crippen molar-refractivity contribution in [1.82, 2.24) is 24.8 Å². The molecule has 0 saturated carbocycles. The van der Waals surface area contributed by atoms with Crippen LogP contribution in [0.15, 0.2) is 47.3 Å². The van der Waals surface area contributed by atoms with E-state index < -0.39 is 5.95 Å². The highest BCUT2D eigenvalue weighted by Gasteiger charge is 2.26. The maximum atomic E-state index is 14.9. The molecule has 2 aromatic carbocycles. The van der Waals surface area contributed by atoms with Gasteiger partial charge in [0.25, 0.3) is 5.56 Å². The van der Waals surface area contributed by atoms with Crippen LogP contribution in [0.2, 0.25) is 0 Å². The van der Waals surface area contributed by atoms with Gasteiger partial charge in [-0.15, -0.1) is 0 Å². The summed E-state index contributed by atoms with van der Waals surface area (Å²) in [4.78, 5) is 32.5. The number of likely N-dealkylation sites (N-methyl/N-ethyl adjacent to an activating group) is 1. The maximum absolute atomic E-state index is 14.9. The summed E-state index contributed by atoms with van der Waals surface area (Å²) >= 11 is 0. The second kappa shape index (κ2) is 8.74. The molecule has 0 radical (unpaired) electrons. The van der Waals surface area contributed by atoms with Crippen LogP contribution < -0.4 is 16.2 Å². The van der Waals surface area contributed by atoms with E-state index in [1.54, 1.807) is 25.1 Å². The van der Waals surface area contributed by atoms with Gasteiger partial charge in [-0.05, 0) is 52.1 Å². The normalized spacial score (nSPS) is 18.8. The topological polar surface area (TPSA) is 104 Å². The minimum atomic E-state index is -0.730. The highest BCUT2D eigenvalue weighted by molar-refractivity contribution is 5.85. The molecule has 9 heteroatoms. The fraction of sp³-hybridized carbons (Fsp3) is 0.308. The molecular weight excluding hydrogens is 445 g/mol. The number of nitrogens with two attached hydrogens (primary N) is 1. The molecule has 1 fully saturated rings. The van der Waals surface area contributed by atoms with Crippen molar-refractivity contribution in [2.24, 2.45) is 0 Å². The van der Waals surface area contributed by atoms with E-state index in [-0.39, 0.29) is 17.1 Å². The van der Waals surface area contributed by atoms with Gasteiger partial charge in [0.05, 0.1) is 10.9 Å². The van der Waals surface area contributed by atoms with Gasteiger partial charge in [0.15, 0.2) is 5.82 Å². The summed E-state index contributed by atoms with van der Waals surface area (Å²) in [5.74, 6) is -0.251. The summed E-state index contributed by atoms with van der Waals surface area (Å²) < 4.78 is 14.9. The van der Waals surface area contributed by atoms with E-state index in [4.69, 9.17) is 5.73 Å². The molecule has 1 aliphatic rings. The number of anilines is 2. The summed E-state index contributed by atoms with van der Waals surface area (Å²) in [7, 11) is 2.15. The van der Waals surface area contributed by atoms with Crippen molar-refractivity contribution in [3.8, 4) is 22.5 Å². The van der Waals surface area contributed by atoms with Gasteiger partial charge in [0.2, 0.25) is 5.95 Å². The zero-order valence-corrected chi connectivity index (χ0v) is 20.2. The maximum Gasteiger partial charge on any atom is 0.258 e. The number of nitrogen functional groups attached to an aromatic ring is 1. The minimum Gasteiger partial charge on any atom is -0.382 e. The first-order valence-electron chi connectivity index (χ1n) is 11.6. The summed E-state index contributed by atoms with van der Waals surface area (Å²) in [5.41, 5.74) is 9.11. The zero-order valence-electron chi connectivity index (χ0n) is 20.2. The number of piperazine rings is 1. The first-order chi connectivity index (χ1) is 16.7. The van der Waals surface area contributed by atoms with Crippen molar-refractivity contribution in [3.05, 3.63) is 64.6 Å². The number of nitrogens with zero attached hydrogens (tertiary/aromatic N) is 5. The largest absolute Gasteiger partial charge is 0.382 e. The van der Waals surface area contributed by atoms with Crippen LogP contribution in [0.5, 0.6) is 0 Å². The van der Waals surface area contributed by atoms with Crippen LogP contribution >= 0.6 is 0 Å². The molecule has 0 aliphatic carbocycles. The molecule has 180 valence electrons. The van der Waals surface area contributed by atoms with Crippen LogP contribution in [0.1, 0.15) is 19.7 Å². The molecule has 2 atom stereocenters. The molecular formula is C26H28FN7O. The van der Waals surface area contributed by atoms with Gasteiger partial charge in [-0.3, -0.25) is 9.69 Å². The van der Waals surface area contributed by atoms with Crippen LogP contribution in [0.4, 0.5) is 15.9 Å². The van der Waals surface area contributed by atoms with E-state index in [0.717, 1.165) is 18.8 Å². The Hall–Kier alpha value is -3.85. The molecule has 0 bridgehead atoms. The van der Waals surface area contributed by atoms with Gasteiger partial charge in [-0.1, -0.05) is 18.2 Å². The second-order valence-electron chi connectivity index (χ2n) is 9.30. The Morgan fingerprint density at radius 1 is 0.971 bits per heavy atom. The van der Waals surface area contributed by atoms with Gasteiger partial charge in [-0.25, -0.2) is 9.97 Å². The van der Waals surface area contributed by atoms with Crippen LogP contribution in [0.25, 0.3) is 33.4 Å². The molecule has 8 nitrogen and oxygen atoms in total. The Bertz CT molecular complexity index is 1460. The first kappa shape index (κ1) is 22.9. The molecule has 0 unspecified atom stereocenters. The third-order valence-corrected chi connectivity index (χ3v) is 6.84. The minimum absolute atomic E-state index is 0.0239. The third-order valence-electron chi connectivity index (χ3n) is 6.84. The molecule has 1 aliphatic heterocycles. The Labute approximate surface area is 202 Å². The van der Waals surface area contributed by atoms with Crippen LogP contribution in [-0.4, -0.2) is 57.1 Å². The quantitative estimate of drug-likeness (QED) is 0.468. The van der Waals surface area contributed by atoms with E-state index in [2.05, 4.69) is 50.6 Å². The first-order valence-corrected chi connectivity index (χ1v) is 11.6. The standard InChI is InChI=1S/C26H28FN7O/c1-14-12-34(13-15(2)33(14)4)19-8-5-17(6-9-19)22-24(27)32-25(28)23(31-22)18-7-10-20-21(11-18)29-16(3)30-26(20)35/h5-11,14-15H,12-13H2,1-4H3,(H2,28,32)(H,29,30,35)/t14-,15+. The summed E-state index contributed by atoms with van der Waals surface area (Å²) in [5, 5.41) is 0.455. The average molecular weight is 474 g/mol. The lowest BCUT2D eigenvalue weighted by Gasteiger charge is -2.43. The van der Waals surface area contributed by atoms with Gasteiger partial charge in [0.1, 0.15) is 17.2 Å². The molecule has 1 saturated heterocycles. The van der Waals surface area contributed by atoms with E-state index in [1.165, 1.54) is 0 Å². The number of fused-ring (bicyclic) bond motifs is 1. The zero-order chi connectivity index (χ0) is 24.9. The molecule has 35 heavy (non-hydrogen) atoms. The summed E-state index contributed by atoms with van der Waals surface area (Å²) in [6.45, 7) is 8.01. The van der Waals surface area contributed by atoms with E-state index in [1.807, 2.05) is 24.3 Å². The molecule has 2 aromatic heterocycles. The van der Waals surface area contributed by atoms with Crippen LogP contribution in [0.3, 0.4) is 0 Å². The lowest BCUT2D eigenvalue weighted by molar-refractivity contribution is 0.170. The van der Waals surface area contributed by atoms with Gasteiger partial charge in [-0.2, -0.15) is 9.37 Å². The van der Waals surface area contributed by atoms with Crippen molar-refractivity contribution in [3.63, 3.8) is 0 Å². The van der Waals surface area contributed by atoms with E-state index in [9.17, 15) is 9.18 Å². The average Bonchev–Trinajstić information content (AvgIpc) is 2.82. The smallest absolute Gasteiger partial charge is 0.258 e. The highest BCUT2D eigenvalue weighted by atomic mass is 19.1. The number of aromatic amines is 1. The highest BCUT2D eigenvalue weighted by Crippen LogP contribution is 2.31. The number of hydrogen-bond donors (Lipinski definition) is 2. The van der Waals surface area contributed by atoms with Crippen molar-refractivity contribution in [2.45, 2.75) is 32.9 Å². The van der Waals surface area contributed by atoms with Gasteiger partial charge >= 0.3 is 0 Å². The SMILES string of the molecule is Cc1nc2cc(-c3nc(-c4ccc(N5C[C@@H](C)N(C)[C@@H](C)C5)cc4)c(F)nc3N)ccc2c(=O)[nH]1. The van der Waals surface area contributed by atoms with Crippen LogP contribution in [-0.2, 0) is 0 Å². The second-order valence-corrected chi connectivity index (χ2v) is 9.30. The van der Waals surface area contributed by atoms with Crippen molar-refractivity contribution in [1.29, 1.82) is 0 Å². The number of halogens is 1. The Morgan fingerprint density at radius 3 is 2.31 bits per heavy atom. The molecule has 5 rings (SSSR count). The predicted molar refractivity (Wildman–Crippen MR) is 137 cm³/mol. The summed E-state index contributed by atoms with van der Waals surface area (Å²) in [6.07, 6.45) is 0. The number of aromatic nitrogens is 4. The predicted octanol–water partition coefficient (Wildman–Crippen LogP) is 3.61. The Balaban J connectivity index is 1.50. The lowest BCUT2D eigenvalue weighted by Crippen LogP contribution is -2.55. The molecule has 3 heterocycles. The molecule has 3 N–H and O–H groups in total. The van der Waals surface area contributed by atoms with Gasteiger partial charge < -0.3 is 15.6 Å². The molecule has 4 aromatic rings. The third kappa shape index (κ3) is 4.23. The number of nitrogens with one attached hydrogen (secondary N) is 1. The number of aryl methyl sites for hydroxylation is 1. The molecule has 0 spiro atoms. The number of H-pyrrole nitrogens is 1. The lowest BCUT2D eigenvalue weighted by atomic mass is 10.1. The fourth-order valence-electron chi connectivity index (χ4n) is 4.67. The summed E-state index contributed by atoms with van der Waals surface area (Å²) in [6, 6.07) is 13.7. The van der Waals surface area contributed by atoms with Crippen molar-refractivity contribution < 1.29 is 4.39 Å². The fourth-order valence-corrected chi connectivity index (χ4v) is 4.67. The monoisotopic (exact) mass is 473 g/mol. The number of hydrogen-bond acceptors (Lipinski definition) is 7.